The zero-order chi connectivity index (χ0) is 18.8. The van der Waals surface area contributed by atoms with Crippen LogP contribution in [0.5, 0.6) is 0 Å². The van der Waals surface area contributed by atoms with Gasteiger partial charge >= 0.3 is 0 Å². The lowest BCUT2D eigenvalue weighted by Gasteiger charge is -2.35. The molecule has 140 valence electrons. The number of carbonyl (C=O) groups excluding carboxylic acids is 1. The molecular formula is C19H21ClN6O. The standard InChI is InChI=1S/C19H21ClN6O/c20-15-11-23-26(13-15)17-3-6-22-12-18(17)24-8-4-14(5-9-24)19(27)25-7-1-2-16(25)10-21/h3,6,11-14,16H,1-2,4-5,7-9H2. The number of pyridine rings is 1. The largest absolute Gasteiger partial charge is 0.368 e. The van der Waals surface area contributed by atoms with Crippen molar-refractivity contribution in [2.24, 2.45) is 5.92 Å². The van der Waals surface area contributed by atoms with Crippen LogP contribution in [0.4, 0.5) is 5.69 Å². The second-order valence-electron chi connectivity index (χ2n) is 7.05. The summed E-state index contributed by atoms with van der Waals surface area (Å²) < 4.78 is 1.75. The van der Waals surface area contributed by atoms with E-state index in [2.05, 4.69) is 21.1 Å². The number of piperidine rings is 1. The number of hydrogen-bond donors (Lipinski definition) is 0. The van der Waals surface area contributed by atoms with E-state index in [1.807, 2.05) is 12.3 Å². The van der Waals surface area contributed by atoms with Gasteiger partial charge < -0.3 is 9.80 Å². The van der Waals surface area contributed by atoms with Crippen LogP contribution in [0.3, 0.4) is 0 Å². The predicted octanol–water partition coefficient (Wildman–Crippen LogP) is 2.65. The molecule has 4 rings (SSSR count). The molecule has 0 N–H and O–H groups in total. The number of rotatable bonds is 3. The molecule has 1 atom stereocenters. The van der Waals surface area contributed by atoms with E-state index in [1.54, 1.807) is 28.2 Å². The zero-order valence-electron chi connectivity index (χ0n) is 15.0. The fourth-order valence-electron chi connectivity index (χ4n) is 4.02. The number of likely N-dealkylation sites (tertiary alicyclic amines) is 1. The molecule has 2 aromatic heterocycles. The van der Waals surface area contributed by atoms with Crippen LogP contribution in [-0.4, -0.2) is 51.2 Å². The number of halogens is 1. The highest BCUT2D eigenvalue weighted by Gasteiger charge is 2.35. The Balaban J connectivity index is 1.46. The van der Waals surface area contributed by atoms with Crippen molar-refractivity contribution in [2.45, 2.75) is 31.7 Å². The van der Waals surface area contributed by atoms with Crippen molar-refractivity contribution in [2.75, 3.05) is 24.5 Å². The Kier molecular flexibility index (Phi) is 4.99. The van der Waals surface area contributed by atoms with Gasteiger partial charge in [-0.15, -0.1) is 0 Å². The number of amides is 1. The number of nitrogens with zero attached hydrogens (tertiary/aromatic N) is 6. The van der Waals surface area contributed by atoms with Crippen LogP contribution in [0, 0.1) is 17.2 Å². The van der Waals surface area contributed by atoms with Crippen LogP contribution in [-0.2, 0) is 4.79 Å². The molecule has 4 heterocycles. The molecule has 0 aliphatic carbocycles. The number of carbonyl (C=O) groups is 1. The first-order valence-corrected chi connectivity index (χ1v) is 9.65. The summed E-state index contributed by atoms with van der Waals surface area (Å²) in [4.78, 5) is 21.1. The molecule has 2 fully saturated rings. The van der Waals surface area contributed by atoms with Gasteiger partial charge in [-0.1, -0.05) is 11.6 Å². The van der Waals surface area contributed by atoms with E-state index in [1.165, 1.54) is 0 Å². The lowest BCUT2D eigenvalue weighted by Crippen LogP contribution is -2.44. The fourth-order valence-corrected chi connectivity index (χ4v) is 4.15. The molecule has 7 nitrogen and oxygen atoms in total. The number of nitriles is 1. The summed E-state index contributed by atoms with van der Waals surface area (Å²) in [6.07, 6.45) is 10.2. The summed E-state index contributed by atoms with van der Waals surface area (Å²) in [7, 11) is 0. The zero-order valence-corrected chi connectivity index (χ0v) is 15.7. The van der Waals surface area contributed by atoms with Crippen molar-refractivity contribution in [3.05, 3.63) is 35.9 Å². The van der Waals surface area contributed by atoms with Crippen LogP contribution < -0.4 is 4.90 Å². The van der Waals surface area contributed by atoms with Gasteiger partial charge in [0.2, 0.25) is 5.91 Å². The van der Waals surface area contributed by atoms with Gasteiger partial charge in [-0.25, -0.2) is 4.68 Å². The van der Waals surface area contributed by atoms with E-state index in [0.717, 1.165) is 50.1 Å². The molecular weight excluding hydrogens is 364 g/mol. The smallest absolute Gasteiger partial charge is 0.226 e. The molecule has 0 radical (unpaired) electrons. The molecule has 1 amide bonds. The molecule has 2 saturated heterocycles. The highest BCUT2D eigenvalue weighted by atomic mass is 35.5. The molecule has 0 bridgehead atoms. The average molecular weight is 385 g/mol. The topological polar surface area (TPSA) is 78.0 Å². The minimum absolute atomic E-state index is 0.00512. The lowest BCUT2D eigenvalue weighted by atomic mass is 9.94. The van der Waals surface area contributed by atoms with Gasteiger partial charge in [-0.3, -0.25) is 9.78 Å². The van der Waals surface area contributed by atoms with Crippen LogP contribution in [0.15, 0.2) is 30.9 Å². The molecule has 8 heteroatoms. The minimum Gasteiger partial charge on any atom is -0.368 e. The third-order valence-electron chi connectivity index (χ3n) is 5.45. The third-order valence-corrected chi connectivity index (χ3v) is 5.64. The van der Waals surface area contributed by atoms with Crippen LogP contribution in [0.2, 0.25) is 5.02 Å². The molecule has 2 aromatic rings. The van der Waals surface area contributed by atoms with Crippen molar-refractivity contribution in [3.63, 3.8) is 0 Å². The van der Waals surface area contributed by atoms with Crippen LogP contribution in [0.25, 0.3) is 5.69 Å². The Hall–Kier alpha value is -2.59. The summed E-state index contributed by atoms with van der Waals surface area (Å²) in [6, 6.07) is 3.93. The van der Waals surface area contributed by atoms with Crippen molar-refractivity contribution >= 4 is 23.2 Å². The lowest BCUT2D eigenvalue weighted by molar-refractivity contribution is -0.136. The van der Waals surface area contributed by atoms with E-state index < -0.39 is 0 Å². The van der Waals surface area contributed by atoms with Crippen LogP contribution in [0.1, 0.15) is 25.7 Å². The third kappa shape index (κ3) is 3.50. The maximum absolute atomic E-state index is 12.8. The van der Waals surface area contributed by atoms with Crippen molar-refractivity contribution in [3.8, 4) is 11.8 Å². The van der Waals surface area contributed by atoms with Crippen molar-refractivity contribution in [1.82, 2.24) is 19.7 Å². The summed E-state index contributed by atoms with van der Waals surface area (Å²) in [5.74, 6) is 0.137. The number of anilines is 1. The van der Waals surface area contributed by atoms with E-state index in [4.69, 9.17) is 11.6 Å². The molecule has 2 aliphatic rings. The maximum Gasteiger partial charge on any atom is 0.226 e. The molecule has 0 spiro atoms. The van der Waals surface area contributed by atoms with Gasteiger partial charge in [0.15, 0.2) is 0 Å². The number of aromatic nitrogens is 3. The Bertz CT molecular complexity index is 867. The first-order valence-electron chi connectivity index (χ1n) is 9.27. The first-order chi connectivity index (χ1) is 13.2. The Labute approximate surface area is 163 Å². The van der Waals surface area contributed by atoms with Crippen molar-refractivity contribution in [1.29, 1.82) is 5.26 Å². The van der Waals surface area contributed by atoms with E-state index in [0.29, 0.717) is 11.6 Å². The van der Waals surface area contributed by atoms with Gasteiger partial charge in [0, 0.05) is 37.9 Å². The molecule has 1 unspecified atom stereocenters. The first kappa shape index (κ1) is 17.8. The van der Waals surface area contributed by atoms with Gasteiger partial charge in [-0.05, 0) is 31.7 Å². The summed E-state index contributed by atoms with van der Waals surface area (Å²) >= 11 is 6.01. The predicted molar refractivity (Wildman–Crippen MR) is 102 cm³/mol. The SMILES string of the molecule is N#CC1CCCN1C(=O)C1CCN(c2cnccc2-n2cc(Cl)cn2)CC1. The molecule has 0 aromatic carbocycles. The summed E-state index contributed by atoms with van der Waals surface area (Å²) in [6.45, 7) is 2.26. The summed E-state index contributed by atoms with van der Waals surface area (Å²) in [5, 5.41) is 14.1. The van der Waals surface area contributed by atoms with E-state index in [-0.39, 0.29) is 17.9 Å². The van der Waals surface area contributed by atoms with Gasteiger partial charge in [-0.2, -0.15) is 10.4 Å². The van der Waals surface area contributed by atoms with Crippen LogP contribution >= 0.6 is 11.6 Å². The Morgan fingerprint density at radius 1 is 1.19 bits per heavy atom. The van der Waals surface area contributed by atoms with E-state index in [9.17, 15) is 10.1 Å². The molecule has 2 aliphatic heterocycles. The summed E-state index contributed by atoms with van der Waals surface area (Å²) in [5.41, 5.74) is 1.91. The second kappa shape index (κ2) is 7.57. The average Bonchev–Trinajstić information content (AvgIpc) is 3.36. The molecule has 27 heavy (non-hydrogen) atoms. The Morgan fingerprint density at radius 2 is 2.00 bits per heavy atom. The van der Waals surface area contributed by atoms with Gasteiger partial charge in [0.1, 0.15) is 6.04 Å². The highest BCUT2D eigenvalue weighted by molar-refractivity contribution is 6.30. The molecule has 0 saturated carbocycles. The number of hydrogen-bond acceptors (Lipinski definition) is 5. The van der Waals surface area contributed by atoms with Gasteiger partial charge in [0.05, 0.1) is 34.9 Å². The van der Waals surface area contributed by atoms with E-state index >= 15 is 0 Å². The van der Waals surface area contributed by atoms with Gasteiger partial charge in [0.25, 0.3) is 0 Å². The normalized spacial score (nSPS) is 20.7. The Morgan fingerprint density at radius 3 is 2.70 bits per heavy atom. The second-order valence-corrected chi connectivity index (χ2v) is 7.48. The fraction of sp³-hybridized carbons (Fsp3) is 0.474. The monoisotopic (exact) mass is 384 g/mol. The highest BCUT2D eigenvalue weighted by Crippen LogP contribution is 2.30. The maximum atomic E-state index is 12.8. The quantitative estimate of drug-likeness (QED) is 0.812. The van der Waals surface area contributed by atoms with Crippen molar-refractivity contribution < 1.29 is 4.79 Å². The minimum atomic E-state index is -0.245.